The lowest BCUT2D eigenvalue weighted by atomic mass is 9.88. The lowest BCUT2D eigenvalue weighted by Crippen LogP contribution is -2.02. The molecular weight excluding hydrogens is 494 g/mol. The van der Waals surface area contributed by atoms with Crippen LogP contribution in [-0.2, 0) is 12.8 Å². The maximum absolute atomic E-state index is 3.72. The highest BCUT2D eigenvalue weighted by Crippen LogP contribution is 2.38. The number of rotatable bonds is 4. The molecule has 0 bridgehead atoms. The molecule has 0 radical (unpaired) electrons. The summed E-state index contributed by atoms with van der Waals surface area (Å²) in [5.74, 6) is 0. The summed E-state index contributed by atoms with van der Waals surface area (Å²) in [7, 11) is 0. The first-order valence-electron chi connectivity index (χ1n) is 14.7. The second-order valence-corrected chi connectivity index (χ2v) is 11.3. The van der Waals surface area contributed by atoms with Crippen molar-refractivity contribution in [3.63, 3.8) is 0 Å². The van der Waals surface area contributed by atoms with E-state index in [0.717, 1.165) is 11.4 Å². The summed E-state index contributed by atoms with van der Waals surface area (Å²) in [4.78, 5) is 0. The monoisotopic (exact) mass is 525 g/mol. The Morgan fingerprint density at radius 2 is 1.05 bits per heavy atom. The van der Waals surface area contributed by atoms with Gasteiger partial charge in [-0.05, 0) is 110 Å². The summed E-state index contributed by atoms with van der Waals surface area (Å²) in [6.07, 6.45) is 5.03. The van der Waals surface area contributed by atoms with Gasteiger partial charge in [-0.1, -0.05) is 109 Å². The predicted molar refractivity (Wildman–Crippen MR) is 176 cm³/mol. The SMILES string of the molecule is c1ccc2c(c1)cc(-c1ccc(Nc3ccc(-c4ccc5c(c4)CCCC5)c4ccccc34)cc1)c1ccccc12. The second-order valence-electron chi connectivity index (χ2n) is 11.3. The first kappa shape index (κ1) is 24.0. The van der Waals surface area contributed by atoms with Gasteiger partial charge in [0.1, 0.15) is 0 Å². The Hall–Kier alpha value is -4.88. The molecule has 0 spiro atoms. The maximum atomic E-state index is 3.72. The van der Waals surface area contributed by atoms with E-state index in [1.165, 1.54) is 91.4 Å². The van der Waals surface area contributed by atoms with E-state index in [4.69, 9.17) is 0 Å². The van der Waals surface area contributed by atoms with Gasteiger partial charge in [-0.2, -0.15) is 0 Å². The normalized spacial score (nSPS) is 13.0. The minimum Gasteiger partial charge on any atom is -0.355 e. The van der Waals surface area contributed by atoms with E-state index in [1.54, 1.807) is 0 Å². The maximum Gasteiger partial charge on any atom is 0.0464 e. The zero-order chi connectivity index (χ0) is 27.2. The van der Waals surface area contributed by atoms with E-state index in [1.807, 2.05) is 0 Å². The number of hydrogen-bond donors (Lipinski definition) is 1. The highest BCUT2D eigenvalue weighted by molar-refractivity contribution is 6.13. The number of anilines is 2. The van der Waals surface area contributed by atoms with E-state index >= 15 is 0 Å². The molecule has 196 valence electrons. The lowest BCUT2D eigenvalue weighted by Gasteiger charge is -2.18. The Balaban J connectivity index is 1.15. The standard InChI is InChI=1S/C40H31N/c1-2-10-29-25-31(18-17-27(29)9-1)34-23-24-40(38-16-8-7-14-36(34)38)41-32-21-19-28(20-22-32)39-26-30-11-3-4-12-33(30)35-13-5-6-15-37(35)39/h3-8,11-26,41H,1-2,9-10H2. The van der Waals surface area contributed by atoms with Crippen molar-refractivity contribution in [3.05, 3.63) is 145 Å². The van der Waals surface area contributed by atoms with Crippen molar-refractivity contribution in [3.8, 4) is 22.3 Å². The van der Waals surface area contributed by atoms with Gasteiger partial charge in [0, 0.05) is 16.8 Å². The van der Waals surface area contributed by atoms with Crippen LogP contribution in [0, 0.1) is 0 Å². The van der Waals surface area contributed by atoms with Crippen LogP contribution in [0.2, 0.25) is 0 Å². The minimum absolute atomic E-state index is 1.09. The molecule has 0 atom stereocenters. The molecule has 1 N–H and O–H groups in total. The minimum atomic E-state index is 1.09. The van der Waals surface area contributed by atoms with Crippen LogP contribution in [0.15, 0.2) is 133 Å². The molecule has 0 aliphatic heterocycles. The van der Waals surface area contributed by atoms with Crippen LogP contribution in [0.4, 0.5) is 11.4 Å². The lowest BCUT2D eigenvalue weighted by molar-refractivity contribution is 0.686. The smallest absolute Gasteiger partial charge is 0.0464 e. The Morgan fingerprint density at radius 1 is 0.415 bits per heavy atom. The molecule has 7 aromatic rings. The van der Waals surface area contributed by atoms with Gasteiger partial charge in [0.05, 0.1) is 0 Å². The van der Waals surface area contributed by atoms with E-state index in [-0.39, 0.29) is 0 Å². The molecular formula is C40H31N. The zero-order valence-electron chi connectivity index (χ0n) is 23.0. The van der Waals surface area contributed by atoms with Crippen LogP contribution < -0.4 is 5.32 Å². The highest BCUT2D eigenvalue weighted by atomic mass is 14.9. The predicted octanol–water partition coefficient (Wildman–Crippen LogP) is 11.1. The Morgan fingerprint density at radius 3 is 1.85 bits per heavy atom. The summed E-state index contributed by atoms with van der Waals surface area (Å²) >= 11 is 0. The second kappa shape index (κ2) is 9.94. The summed E-state index contributed by atoms with van der Waals surface area (Å²) in [5, 5.41) is 11.4. The summed E-state index contributed by atoms with van der Waals surface area (Å²) in [6, 6.07) is 49.0. The van der Waals surface area contributed by atoms with Gasteiger partial charge in [0.25, 0.3) is 0 Å². The topological polar surface area (TPSA) is 12.0 Å². The highest BCUT2D eigenvalue weighted by Gasteiger charge is 2.13. The van der Waals surface area contributed by atoms with E-state index < -0.39 is 0 Å². The van der Waals surface area contributed by atoms with Gasteiger partial charge in [0.15, 0.2) is 0 Å². The van der Waals surface area contributed by atoms with E-state index in [2.05, 4.69) is 139 Å². The van der Waals surface area contributed by atoms with Gasteiger partial charge in [-0.25, -0.2) is 0 Å². The van der Waals surface area contributed by atoms with Crippen molar-refractivity contribution in [2.75, 3.05) is 5.32 Å². The molecule has 1 aliphatic carbocycles. The van der Waals surface area contributed by atoms with Crippen molar-refractivity contribution >= 4 is 43.7 Å². The molecule has 8 rings (SSSR count). The Labute approximate surface area is 241 Å². The summed E-state index contributed by atoms with van der Waals surface area (Å²) in [6.45, 7) is 0. The van der Waals surface area contributed by atoms with Crippen LogP contribution >= 0.6 is 0 Å². The molecule has 41 heavy (non-hydrogen) atoms. The first-order valence-corrected chi connectivity index (χ1v) is 14.7. The molecule has 0 aromatic heterocycles. The van der Waals surface area contributed by atoms with Gasteiger partial charge in [-0.15, -0.1) is 0 Å². The summed E-state index contributed by atoms with van der Waals surface area (Å²) in [5.41, 5.74) is 10.4. The van der Waals surface area contributed by atoms with Crippen molar-refractivity contribution in [2.24, 2.45) is 0 Å². The molecule has 0 amide bonds. The zero-order valence-corrected chi connectivity index (χ0v) is 23.0. The third-order valence-electron chi connectivity index (χ3n) is 8.83. The molecule has 1 heteroatoms. The van der Waals surface area contributed by atoms with E-state index in [9.17, 15) is 0 Å². The van der Waals surface area contributed by atoms with Crippen LogP contribution in [0.5, 0.6) is 0 Å². The van der Waals surface area contributed by atoms with Crippen LogP contribution in [0.25, 0.3) is 54.6 Å². The van der Waals surface area contributed by atoms with Gasteiger partial charge < -0.3 is 5.32 Å². The van der Waals surface area contributed by atoms with Gasteiger partial charge in [-0.3, -0.25) is 0 Å². The Bertz CT molecular complexity index is 2070. The first-order chi connectivity index (χ1) is 20.3. The fourth-order valence-electron chi connectivity index (χ4n) is 6.74. The average molecular weight is 526 g/mol. The van der Waals surface area contributed by atoms with Gasteiger partial charge in [0.2, 0.25) is 0 Å². The quantitative estimate of drug-likeness (QED) is 0.225. The number of hydrogen-bond acceptors (Lipinski definition) is 1. The number of aryl methyl sites for hydroxylation is 2. The fraction of sp³-hybridized carbons (Fsp3) is 0.100. The molecule has 0 saturated heterocycles. The summed E-state index contributed by atoms with van der Waals surface area (Å²) < 4.78 is 0. The number of benzene rings is 7. The van der Waals surface area contributed by atoms with Crippen molar-refractivity contribution in [1.29, 1.82) is 0 Å². The molecule has 1 nitrogen and oxygen atoms in total. The fourth-order valence-corrected chi connectivity index (χ4v) is 6.74. The number of fused-ring (bicyclic) bond motifs is 5. The van der Waals surface area contributed by atoms with Crippen LogP contribution in [0.1, 0.15) is 24.0 Å². The van der Waals surface area contributed by atoms with Gasteiger partial charge >= 0.3 is 0 Å². The number of nitrogens with one attached hydrogen (secondary N) is 1. The van der Waals surface area contributed by atoms with Crippen molar-refractivity contribution < 1.29 is 0 Å². The van der Waals surface area contributed by atoms with Crippen LogP contribution in [-0.4, -0.2) is 0 Å². The third kappa shape index (κ3) is 4.26. The molecule has 0 heterocycles. The molecule has 0 fully saturated rings. The van der Waals surface area contributed by atoms with Crippen molar-refractivity contribution in [1.82, 2.24) is 0 Å². The van der Waals surface area contributed by atoms with Crippen LogP contribution in [0.3, 0.4) is 0 Å². The molecule has 0 saturated carbocycles. The molecule has 0 unspecified atom stereocenters. The Kier molecular flexibility index (Phi) is 5.81. The third-order valence-corrected chi connectivity index (χ3v) is 8.83. The molecule has 7 aromatic carbocycles. The van der Waals surface area contributed by atoms with E-state index in [0.29, 0.717) is 0 Å². The van der Waals surface area contributed by atoms with Crippen molar-refractivity contribution in [2.45, 2.75) is 25.7 Å². The molecule has 1 aliphatic rings. The largest absolute Gasteiger partial charge is 0.355 e. The average Bonchev–Trinajstić information content (AvgIpc) is 3.05.